The highest BCUT2D eigenvalue weighted by atomic mass is 35.5. The fraction of sp³-hybridized carbons (Fsp3) is 0.526. The summed E-state index contributed by atoms with van der Waals surface area (Å²) in [5.74, 6) is 6.54. The van der Waals surface area contributed by atoms with Crippen LogP contribution < -0.4 is 0 Å². The Labute approximate surface area is 154 Å². The van der Waals surface area contributed by atoms with Crippen LogP contribution in [-0.2, 0) is 9.47 Å². The van der Waals surface area contributed by atoms with Crippen molar-refractivity contribution in [2.24, 2.45) is 0 Å². The third kappa shape index (κ3) is 6.24. The van der Waals surface area contributed by atoms with E-state index < -0.39 is 0 Å². The van der Waals surface area contributed by atoms with Crippen molar-refractivity contribution >= 4 is 17.7 Å². The molecule has 1 aliphatic heterocycles. The zero-order chi connectivity index (χ0) is 18.1. The molecule has 0 spiro atoms. The molecule has 0 aliphatic carbocycles. The summed E-state index contributed by atoms with van der Waals surface area (Å²) in [6, 6.07) is 7.75. The smallest absolute Gasteiger partial charge is 0.409 e. The lowest BCUT2D eigenvalue weighted by Gasteiger charge is -2.36. The SMILES string of the molecule is CCC(C#Cc1cccc(Cl)c1)N1CCN(C(=O)OCCOC)CC1. The number of halogens is 1. The average molecular weight is 365 g/mol. The van der Waals surface area contributed by atoms with Gasteiger partial charge in [0.1, 0.15) is 6.61 Å². The van der Waals surface area contributed by atoms with Crippen LogP contribution in [0.15, 0.2) is 24.3 Å². The first-order valence-corrected chi connectivity index (χ1v) is 8.93. The van der Waals surface area contributed by atoms with E-state index in [4.69, 9.17) is 21.1 Å². The number of rotatable bonds is 5. The summed E-state index contributed by atoms with van der Waals surface area (Å²) in [7, 11) is 1.59. The number of benzene rings is 1. The molecule has 0 saturated carbocycles. The molecule has 1 aromatic rings. The third-order valence-corrected chi connectivity index (χ3v) is 4.36. The van der Waals surface area contributed by atoms with Gasteiger partial charge in [-0.2, -0.15) is 0 Å². The van der Waals surface area contributed by atoms with Gasteiger partial charge in [0.15, 0.2) is 0 Å². The van der Waals surface area contributed by atoms with Crippen LogP contribution in [0.25, 0.3) is 0 Å². The molecular weight excluding hydrogens is 340 g/mol. The first kappa shape index (κ1) is 19.6. The number of methoxy groups -OCH3 is 1. The van der Waals surface area contributed by atoms with Crippen LogP contribution in [-0.4, -0.2) is 68.4 Å². The summed E-state index contributed by atoms with van der Waals surface area (Å²) in [5.41, 5.74) is 0.923. The van der Waals surface area contributed by atoms with E-state index in [1.807, 2.05) is 24.3 Å². The molecule has 1 saturated heterocycles. The minimum absolute atomic E-state index is 0.172. The van der Waals surface area contributed by atoms with Crippen LogP contribution in [0, 0.1) is 11.8 Å². The molecule has 1 heterocycles. The van der Waals surface area contributed by atoms with Crippen LogP contribution >= 0.6 is 11.6 Å². The normalized spacial score (nSPS) is 16.0. The highest BCUT2D eigenvalue weighted by molar-refractivity contribution is 6.30. The maximum absolute atomic E-state index is 12.0. The molecule has 5 nitrogen and oxygen atoms in total. The molecule has 1 aromatic carbocycles. The summed E-state index contributed by atoms with van der Waals surface area (Å²) in [5, 5.41) is 0.695. The standard InChI is InChI=1S/C19H25ClN2O3/c1-3-18(8-7-16-5-4-6-17(20)15-16)21-9-11-22(12-10-21)19(23)25-14-13-24-2/h4-6,15,18H,3,9-14H2,1-2H3. The Kier molecular flexibility index (Phi) is 8.07. The van der Waals surface area contributed by atoms with Crippen molar-refractivity contribution in [2.45, 2.75) is 19.4 Å². The van der Waals surface area contributed by atoms with Gasteiger partial charge in [-0.25, -0.2) is 4.79 Å². The van der Waals surface area contributed by atoms with E-state index in [1.54, 1.807) is 12.0 Å². The monoisotopic (exact) mass is 364 g/mol. The molecule has 1 aliphatic rings. The fourth-order valence-corrected chi connectivity index (χ4v) is 2.89. The van der Waals surface area contributed by atoms with Crippen LogP contribution in [0.2, 0.25) is 5.02 Å². The number of hydrogen-bond acceptors (Lipinski definition) is 4. The molecule has 2 rings (SSSR count). The average Bonchev–Trinajstić information content (AvgIpc) is 2.63. The van der Waals surface area contributed by atoms with Gasteiger partial charge in [0.05, 0.1) is 12.6 Å². The van der Waals surface area contributed by atoms with Crippen LogP contribution in [0.3, 0.4) is 0 Å². The molecule has 0 N–H and O–H groups in total. The lowest BCUT2D eigenvalue weighted by atomic mass is 10.1. The molecule has 136 valence electrons. The van der Waals surface area contributed by atoms with Gasteiger partial charge in [-0.15, -0.1) is 0 Å². The number of piperazine rings is 1. The number of carbonyl (C=O) groups excluding carboxylic acids is 1. The molecule has 1 atom stereocenters. The lowest BCUT2D eigenvalue weighted by Crippen LogP contribution is -2.51. The van der Waals surface area contributed by atoms with Crippen molar-refractivity contribution in [2.75, 3.05) is 46.5 Å². The molecule has 25 heavy (non-hydrogen) atoms. The van der Waals surface area contributed by atoms with E-state index in [9.17, 15) is 4.79 Å². The third-order valence-electron chi connectivity index (χ3n) is 4.12. The van der Waals surface area contributed by atoms with Gasteiger partial charge < -0.3 is 14.4 Å². The van der Waals surface area contributed by atoms with Crippen LogP contribution in [0.1, 0.15) is 18.9 Å². The second-order valence-electron chi connectivity index (χ2n) is 5.83. The van der Waals surface area contributed by atoms with Crippen molar-refractivity contribution < 1.29 is 14.3 Å². The Balaban J connectivity index is 1.87. The Morgan fingerprint density at radius 1 is 1.28 bits per heavy atom. The molecule has 1 fully saturated rings. The molecule has 1 unspecified atom stereocenters. The first-order chi connectivity index (χ1) is 12.1. The van der Waals surface area contributed by atoms with Gasteiger partial charge in [-0.3, -0.25) is 4.90 Å². The van der Waals surface area contributed by atoms with Crippen LogP contribution in [0.4, 0.5) is 4.79 Å². The molecule has 6 heteroatoms. The number of amides is 1. The number of hydrogen-bond donors (Lipinski definition) is 0. The van der Waals surface area contributed by atoms with Crippen LogP contribution in [0.5, 0.6) is 0 Å². The van der Waals surface area contributed by atoms with Gasteiger partial charge in [0, 0.05) is 43.9 Å². The van der Waals surface area contributed by atoms with E-state index in [-0.39, 0.29) is 18.7 Å². The van der Waals surface area contributed by atoms with Crippen molar-refractivity contribution in [3.05, 3.63) is 34.9 Å². The van der Waals surface area contributed by atoms with E-state index in [0.29, 0.717) is 24.7 Å². The summed E-state index contributed by atoms with van der Waals surface area (Å²) in [6.45, 7) is 5.73. The van der Waals surface area contributed by atoms with Gasteiger partial charge in [0.25, 0.3) is 0 Å². The quantitative estimate of drug-likeness (QED) is 0.595. The number of ether oxygens (including phenoxy) is 2. The fourth-order valence-electron chi connectivity index (χ4n) is 2.70. The van der Waals surface area contributed by atoms with Gasteiger partial charge in [0.2, 0.25) is 0 Å². The summed E-state index contributed by atoms with van der Waals surface area (Å²) in [4.78, 5) is 16.0. The Morgan fingerprint density at radius 2 is 2.04 bits per heavy atom. The predicted octanol–water partition coefficient (Wildman–Crippen LogP) is 2.87. The van der Waals surface area contributed by atoms with Gasteiger partial charge in [-0.05, 0) is 24.6 Å². The maximum Gasteiger partial charge on any atom is 0.409 e. The second-order valence-corrected chi connectivity index (χ2v) is 6.27. The Morgan fingerprint density at radius 3 is 2.68 bits per heavy atom. The lowest BCUT2D eigenvalue weighted by molar-refractivity contribution is 0.0524. The molecule has 0 bridgehead atoms. The van der Waals surface area contributed by atoms with E-state index in [0.717, 1.165) is 25.1 Å². The molecule has 1 amide bonds. The van der Waals surface area contributed by atoms with Gasteiger partial charge >= 0.3 is 6.09 Å². The molecule has 0 radical (unpaired) electrons. The van der Waals surface area contributed by atoms with E-state index in [2.05, 4.69) is 23.7 Å². The van der Waals surface area contributed by atoms with Crippen molar-refractivity contribution in [3.63, 3.8) is 0 Å². The zero-order valence-electron chi connectivity index (χ0n) is 14.8. The Bertz CT molecular complexity index is 619. The minimum atomic E-state index is -0.269. The van der Waals surface area contributed by atoms with Gasteiger partial charge in [-0.1, -0.05) is 36.4 Å². The van der Waals surface area contributed by atoms with E-state index >= 15 is 0 Å². The van der Waals surface area contributed by atoms with Crippen molar-refractivity contribution in [1.29, 1.82) is 0 Å². The number of carbonyl (C=O) groups is 1. The number of nitrogens with zero attached hydrogens (tertiary/aromatic N) is 2. The summed E-state index contributed by atoms with van der Waals surface area (Å²) >= 11 is 6.00. The largest absolute Gasteiger partial charge is 0.447 e. The van der Waals surface area contributed by atoms with Crippen molar-refractivity contribution in [1.82, 2.24) is 9.80 Å². The predicted molar refractivity (Wildman–Crippen MR) is 98.8 cm³/mol. The second kappa shape index (κ2) is 10.3. The van der Waals surface area contributed by atoms with Crippen molar-refractivity contribution in [3.8, 4) is 11.8 Å². The van der Waals surface area contributed by atoms with E-state index in [1.165, 1.54) is 0 Å². The highest BCUT2D eigenvalue weighted by Gasteiger charge is 2.25. The minimum Gasteiger partial charge on any atom is -0.447 e. The maximum atomic E-state index is 12.0. The zero-order valence-corrected chi connectivity index (χ0v) is 15.6. The molecular formula is C19H25ClN2O3. The summed E-state index contributed by atoms with van der Waals surface area (Å²) in [6.07, 6.45) is 0.668. The summed E-state index contributed by atoms with van der Waals surface area (Å²) < 4.78 is 10.0. The molecule has 0 aromatic heterocycles. The highest BCUT2D eigenvalue weighted by Crippen LogP contribution is 2.12. The topological polar surface area (TPSA) is 42.0 Å². The Hall–Kier alpha value is -1.74. The first-order valence-electron chi connectivity index (χ1n) is 8.55.